The van der Waals surface area contributed by atoms with E-state index in [1.165, 1.54) is 43.3 Å². The van der Waals surface area contributed by atoms with E-state index < -0.39 is 71.8 Å². The third-order valence-electron chi connectivity index (χ3n) is 9.86. The summed E-state index contributed by atoms with van der Waals surface area (Å²) < 4.78 is 92.5. The first-order chi connectivity index (χ1) is 23.3. The largest absolute Gasteiger partial charge is 0.399 e. The van der Waals surface area contributed by atoms with Gasteiger partial charge in [-0.3, -0.25) is 23.8 Å². The molecule has 0 unspecified atom stereocenters. The summed E-state index contributed by atoms with van der Waals surface area (Å²) in [7, 11) is -7.64. The van der Waals surface area contributed by atoms with E-state index in [1.54, 1.807) is 7.05 Å². The van der Waals surface area contributed by atoms with Crippen LogP contribution in [0.25, 0.3) is 10.8 Å². The lowest BCUT2D eigenvalue weighted by Crippen LogP contribution is -2.61. The van der Waals surface area contributed by atoms with Gasteiger partial charge in [-0.25, -0.2) is 21.5 Å². The van der Waals surface area contributed by atoms with Crippen molar-refractivity contribution in [1.82, 2.24) is 24.3 Å². The average Bonchev–Trinajstić information content (AvgIpc) is 3.47. The number of piperidine rings is 1. The Labute approximate surface area is 286 Å². The monoisotopic (exact) mass is 749 g/mol. The zero-order valence-electron chi connectivity index (χ0n) is 27.4. The molecule has 0 aromatic heterocycles. The fourth-order valence-electron chi connectivity index (χ4n) is 7.11. The van der Waals surface area contributed by atoms with Crippen molar-refractivity contribution in [1.29, 1.82) is 0 Å². The highest BCUT2D eigenvalue weighted by atomic mass is 32.2. The molecule has 5 rings (SSSR count). The molecule has 3 aliphatic rings. The summed E-state index contributed by atoms with van der Waals surface area (Å²) >= 11 is 0. The van der Waals surface area contributed by atoms with E-state index >= 15 is 0 Å². The van der Waals surface area contributed by atoms with Crippen LogP contribution in [0.4, 0.5) is 17.6 Å². The maximum Gasteiger partial charge on any atom is 0.399 e. The lowest BCUT2D eigenvalue weighted by atomic mass is 10.0. The summed E-state index contributed by atoms with van der Waals surface area (Å²) in [5, 5.41) is 3.03. The van der Waals surface area contributed by atoms with Gasteiger partial charge < -0.3 is 24.9 Å². The second kappa shape index (κ2) is 14.5. The Bertz CT molecular complexity index is 1790. The molecular formula is C31H40F4N5O8PS. The van der Waals surface area contributed by atoms with Crippen LogP contribution >= 0.6 is 7.60 Å². The van der Waals surface area contributed by atoms with Crippen molar-refractivity contribution < 1.29 is 54.7 Å². The number of carbonyl (C=O) groups is 3. The zero-order valence-corrected chi connectivity index (χ0v) is 29.1. The van der Waals surface area contributed by atoms with E-state index in [4.69, 9.17) is 9.79 Å². The lowest BCUT2D eigenvalue weighted by molar-refractivity contribution is -0.148. The van der Waals surface area contributed by atoms with Gasteiger partial charge in [0.05, 0.1) is 12.8 Å². The molecule has 19 heteroatoms. The molecule has 2 aromatic rings. The van der Waals surface area contributed by atoms with Gasteiger partial charge in [0.25, 0.3) is 12.3 Å². The maximum atomic E-state index is 14.4. The summed E-state index contributed by atoms with van der Waals surface area (Å²) in [4.78, 5) is 64.3. The third-order valence-corrected chi connectivity index (χ3v) is 12.2. The van der Waals surface area contributed by atoms with Gasteiger partial charge in [-0.15, -0.1) is 0 Å². The van der Waals surface area contributed by atoms with Gasteiger partial charge in [0.15, 0.2) is 0 Å². The highest BCUT2D eigenvalue weighted by molar-refractivity contribution is 7.88. The summed E-state index contributed by atoms with van der Waals surface area (Å²) in [5.74, 6) is -1.81. The molecule has 3 amide bonds. The second-order valence-electron chi connectivity index (χ2n) is 13.2. The number of sulfonamides is 1. The molecule has 0 spiro atoms. The molecule has 3 aliphatic heterocycles. The van der Waals surface area contributed by atoms with E-state index in [0.29, 0.717) is 37.5 Å². The highest BCUT2D eigenvalue weighted by Gasteiger charge is 2.50. The Kier molecular flexibility index (Phi) is 11.0. The quantitative estimate of drug-likeness (QED) is 0.258. The minimum Gasteiger partial charge on any atom is -0.341 e. The molecule has 3 atom stereocenters. The van der Waals surface area contributed by atoms with Crippen molar-refractivity contribution in [2.45, 2.75) is 68.4 Å². The van der Waals surface area contributed by atoms with Crippen LogP contribution in [0, 0.1) is 0 Å². The van der Waals surface area contributed by atoms with Crippen molar-refractivity contribution in [2.75, 3.05) is 46.0 Å². The first-order valence-corrected chi connectivity index (χ1v) is 19.6. The van der Waals surface area contributed by atoms with E-state index in [1.807, 2.05) is 0 Å². The Morgan fingerprint density at radius 1 is 1.02 bits per heavy atom. The first-order valence-electron chi connectivity index (χ1n) is 16.1. The van der Waals surface area contributed by atoms with Gasteiger partial charge in [-0.2, -0.15) is 8.78 Å². The van der Waals surface area contributed by atoms with Crippen molar-refractivity contribution in [3.05, 3.63) is 47.5 Å². The number of benzene rings is 2. The van der Waals surface area contributed by atoms with E-state index in [2.05, 4.69) is 5.32 Å². The molecule has 2 aromatic carbocycles. The number of nitrogens with zero attached hydrogens (tertiary/aromatic N) is 4. The number of hydrogen-bond donors (Lipinski definition) is 3. The third kappa shape index (κ3) is 8.00. The number of hydrogen-bond acceptors (Lipinski definition) is 7. The Hall–Kier alpha value is -3.15. The number of likely N-dealkylation sites (N-methyl/N-ethyl adjacent to an activating group) is 1. The predicted molar refractivity (Wildman–Crippen MR) is 174 cm³/mol. The Balaban J connectivity index is 1.38. The summed E-state index contributed by atoms with van der Waals surface area (Å²) in [6, 6.07) is 3.95. The summed E-state index contributed by atoms with van der Waals surface area (Å²) in [5.41, 5.74) is -5.54. The minimum atomic E-state index is -5.86. The standard InChI is InChI=1S/C31H40F4N5O8PS/c1-37(23-10-13-39(14-11-23)50(2,47)48)30(43)26-8-7-24-9-12-38(18-27(32)33)17-25(29(42)40(24)26)36-28(41)20-4-3-19-5-6-22(16-21(19)15-20)31(34,35)49(44,45)46/h3-6,15-16,23-27H,7-14,17-18H2,1-2H3,(H,36,41)(H2,44,45,46)/t24-,25+,26+/m1/s1. The lowest BCUT2D eigenvalue weighted by Gasteiger charge is -2.41. The van der Waals surface area contributed by atoms with Crippen LogP contribution in [0.3, 0.4) is 0 Å². The van der Waals surface area contributed by atoms with Crippen LogP contribution in [0.5, 0.6) is 0 Å². The average molecular weight is 750 g/mol. The number of amides is 3. The molecule has 3 fully saturated rings. The number of rotatable bonds is 9. The summed E-state index contributed by atoms with van der Waals surface area (Å²) in [6.45, 7) is -0.291. The van der Waals surface area contributed by atoms with Gasteiger partial charge >= 0.3 is 13.3 Å². The molecular weight excluding hydrogens is 709 g/mol. The van der Waals surface area contributed by atoms with Gasteiger partial charge in [0.2, 0.25) is 21.8 Å². The molecule has 0 radical (unpaired) electrons. The molecule has 0 bridgehead atoms. The molecule has 3 N–H and O–H groups in total. The van der Waals surface area contributed by atoms with Crippen molar-refractivity contribution >= 4 is 46.1 Å². The first kappa shape index (κ1) is 38.1. The number of nitrogens with one attached hydrogen (secondary N) is 1. The zero-order chi connectivity index (χ0) is 36.8. The van der Waals surface area contributed by atoms with Crippen LogP contribution in [0.15, 0.2) is 36.4 Å². The van der Waals surface area contributed by atoms with Crippen molar-refractivity contribution in [2.24, 2.45) is 0 Å². The second-order valence-corrected chi connectivity index (χ2v) is 16.8. The van der Waals surface area contributed by atoms with Gasteiger partial charge in [-0.1, -0.05) is 18.2 Å². The van der Waals surface area contributed by atoms with E-state index in [-0.39, 0.29) is 49.1 Å². The van der Waals surface area contributed by atoms with Crippen LogP contribution in [-0.2, 0) is 29.8 Å². The molecule has 3 heterocycles. The molecule has 276 valence electrons. The number of fused-ring (bicyclic) bond motifs is 2. The van der Waals surface area contributed by atoms with Gasteiger partial charge in [0.1, 0.15) is 12.1 Å². The predicted octanol–water partition coefficient (Wildman–Crippen LogP) is 2.38. The molecule has 13 nitrogen and oxygen atoms in total. The van der Waals surface area contributed by atoms with Gasteiger partial charge in [0, 0.05) is 56.4 Å². The number of alkyl halides is 4. The van der Waals surface area contributed by atoms with Crippen molar-refractivity contribution in [3.8, 4) is 0 Å². The Morgan fingerprint density at radius 2 is 1.68 bits per heavy atom. The molecule has 0 saturated carbocycles. The number of halogens is 4. The van der Waals surface area contributed by atoms with E-state index in [0.717, 1.165) is 18.4 Å². The van der Waals surface area contributed by atoms with Crippen LogP contribution in [0.1, 0.15) is 48.0 Å². The molecule has 0 aliphatic carbocycles. The van der Waals surface area contributed by atoms with Crippen molar-refractivity contribution in [3.63, 3.8) is 0 Å². The fourth-order valence-corrected chi connectivity index (χ4v) is 8.46. The maximum absolute atomic E-state index is 14.4. The SMILES string of the molecule is CN(C(=O)[C@@H]1CC[C@@H]2CCN(CC(F)F)C[C@H](NC(=O)c3ccc4ccc(C(F)(F)P(=O)(O)O)cc4c3)C(=O)N21)C1CCN(S(C)(=O)=O)CC1. The van der Waals surface area contributed by atoms with Crippen LogP contribution in [0.2, 0.25) is 0 Å². The summed E-state index contributed by atoms with van der Waals surface area (Å²) in [6.07, 6.45) is 0.278. The Morgan fingerprint density at radius 3 is 2.30 bits per heavy atom. The number of carbonyl (C=O) groups excluding carboxylic acids is 3. The van der Waals surface area contributed by atoms with Crippen LogP contribution in [-0.4, -0.2) is 132 Å². The topological polar surface area (TPSA) is 168 Å². The molecule has 3 saturated heterocycles. The molecule has 50 heavy (non-hydrogen) atoms. The van der Waals surface area contributed by atoms with Crippen LogP contribution < -0.4 is 5.32 Å². The fraction of sp³-hybridized carbons (Fsp3) is 0.581. The smallest absolute Gasteiger partial charge is 0.341 e. The van der Waals surface area contributed by atoms with E-state index in [9.17, 15) is 44.9 Å². The highest BCUT2D eigenvalue weighted by Crippen LogP contribution is 2.59. The normalized spacial score (nSPS) is 23.5. The van der Waals surface area contributed by atoms with Gasteiger partial charge in [-0.05, 0) is 61.1 Å². The minimum absolute atomic E-state index is 0.0577.